The molecular weight excluding hydrogens is 234 g/mol. The highest BCUT2D eigenvalue weighted by Crippen LogP contribution is 2.23. The summed E-state index contributed by atoms with van der Waals surface area (Å²) < 4.78 is 0. The maximum absolute atomic E-state index is 12.1. The molecule has 0 aliphatic heterocycles. The van der Waals surface area contributed by atoms with Crippen molar-refractivity contribution in [3.63, 3.8) is 0 Å². The Kier molecular flexibility index (Phi) is 9.99. The maximum atomic E-state index is 12.1. The van der Waals surface area contributed by atoms with Gasteiger partial charge >= 0.3 is 0 Å². The van der Waals surface area contributed by atoms with Crippen molar-refractivity contribution in [2.24, 2.45) is 5.92 Å². The molecule has 0 aliphatic rings. The van der Waals surface area contributed by atoms with Gasteiger partial charge in [-0.05, 0) is 26.2 Å². The summed E-state index contributed by atoms with van der Waals surface area (Å²) in [6.45, 7) is 10.8. The minimum absolute atomic E-state index is 0.00481. The number of unbranched alkanes of at least 4 members (excludes halogenated alkanes) is 4. The maximum Gasteiger partial charge on any atom is 0.223 e. The molecule has 0 radical (unpaired) electrons. The molecule has 114 valence electrons. The third-order valence-electron chi connectivity index (χ3n) is 4.15. The molecule has 0 heterocycles. The van der Waals surface area contributed by atoms with Gasteiger partial charge in [0, 0.05) is 11.5 Å². The lowest BCUT2D eigenvalue weighted by atomic mass is 9.87. The molecule has 0 aliphatic carbocycles. The lowest BCUT2D eigenvalue weighted by Crippen LogP contribution is -2.47. The van der Waals surface area contributed by atoms with Crippen LogP contribution in [0.3, 0.4) is 0 Å². The molecule has 0 rings (SSSR count). The van der Waals surface area contributed by atoms with Crippen LogP contribution in [0.1, 0.15) is 92.4 Å². The van der Waals surface area contributed by atoms with E-state index in [0.717, 1.165) is 19.3 Å². The summed E-state index contributed by atoms with van der Waals surface area (Å²) >= 11 is 0. The van der Waals surface area contributed by atoms with E-state index in [1.807, 2.05) is 6.92 Å². The van der Waals surface area contributed by atoms with Gasteiger partial charge in [-0.3, -0.25) is 4.79 Å². The summed E-state index contributed by atoms with van der Waals surface area (Å²) in [5.74, 6) is 0.370. The first-order valence-electron chi connectivity index (χ1n) is 8.31. The molecule has 0 fully saturated rings. The quantitative estimate of drug-likeness (QED) is 0.521. The highest BCUT2D eigenvalue weighted by Gasteiger charge is 2.26. The van der Waals surface area contributed by atoms with Gasteiger partial charge in [0.05, 0.1) is 0 Å². The molecular formula is C17H35NO. The van der Waals surface area contributed by atoms with Gasteiger partial charge in [0.15, 0.2) is 0 Å². The number of carbonyl (C=O) groups is 1. The molecule has 0 aromatic carbocycles. The van der Waals surface area contributed by atoms with Crippen LogP contribution in [-0.4, -0.2) is 11.4 Å². The molecule has 0 bridgehead atoms. The Morgan fingerprint density at radius 3 is 1.84 bits per heavy atom. The van der Waals surface area contributed by atoms with Gasteiger partial charge in [0.1, 0.15) is 0 Å². The van der Waals surface area contributed by atoms with E-state index in [9.17, 15) is 4.79 Å². The van der Waals surface area contributed by atoms with Gasteiger partial charge in [-0.25, -0.2) is 0 Å². The molecule has 0 saturated carbocycles. The molecule has 2 nitrogen and oxygen atoms in total. The number of hydrogen-bond acceptors (Lipinski definition) is 1. The zero-order valence-corrected chi connectivity index (χ0v) is 13.8. The topological polar surface area (TPSA) is 29.1 Å². The van der Waals surface area contributed by atoms with Crippen molar-refractivity contribution in [1.29, 1.82) is 0 Å². The molecule has 1 N–H and O–H groups in total. The van der Waals surface area contributed by atoms with Crippen molar-refractivity contribution < 1.29 is 4.79 Å². The molecule has 0 aromatic heterocycles. The van der Waals surface area contributed by atoms with E-state index in [-0.39, 0.29) is 17.4 Å². The summed E-state index contributed by atoms with van der Waals surface area (Å²) in [5, 5.41) is 3.32. The predicted octanol–water partition coefficient (Wildman–Crippen LogP) is 5.07. The third kappa shape index (κ3) is 8.28. The summed E-state index contributed by atoms with van der Waals surface area (Å²) in [7, 11) is 0. The first kappa shape index (κ1) is 18.5. The van der Waals surface area contributed by atoms with E-state index in [1.54, 1.807) is 0 Å². The van der Waals surface area contributed by atoms with E-state index in [1.165, 1.54) is 38.5 Å². The second kappa shape index (κ2) is 10.3. The summed E-state index contributed by atoms with van der Waals surface area (Å²) in [5.41, 5.74) is 0.00481. The molecule has 2 heteroatoms. The second-order valence-electron chi connectivity index (χ2n) is 6.27. The smallest absolute Gasteiger partial charge is 0.223 e. The van der Waals surface area contributed by atoms with Gasteiger partial charge in [-0.2, -0.15) is 0 Å². The molecule has 1 atom stereocenters. The van der Waals surface area contributed by atoms with Crippen molar-refractivity contribution in [2.45, 2.75) is 97.9 Å². The number of hydrogen-bond donors (Lipinski definition) is 1. The molecule has 0 aromatic rings. The fraction of sp³-hybridized carbons (Fsp3) is 0.941. The standard InChI is InChI=1S/C17H35NO/c1-6-9-11-13-17(5,14-12-10-7-2)18-16(19)15(4)8-3/h15H,6-14H2,1-5H3,(H,18,19). The number of carbonyl (C=O) groups excluding carboxylic acids is 1. The Bertz CT molecular complexity index is 227. The highest BCUT2D eigenvalue weighted by molar-refractivity contribution is 5.78. The minimum atomic E-state index is 0.00481. The zero-order chi connectivity index (χ0) is 14.7. The third-order valence-corrected chi connectivity index (χ3v) is 4.15. The first-order valence-corrected chi connectivity index (χ1v) is 8.31. The highest BCUT2D eigenvalue weighted by atomic mass is 16.2. The number of nitrogens with one attached hydrogen (secondary N) is 1. The zero-order valence-electron chi connectivity index (χ0n) is 13.8. The normalized spacial score (nSPS) is 13.3. The van der Waals surface area contributed by atoms with E-state index < -0.39 is 0 Å². The Morgan fingerprint density at radius 2 is 1.47 bits per heavy atom. The molecule has 1 amide bonds. The summed E-state index contributed by atoms with van der Waals surface area (Å²) in [6, 6.07) is 0. The molecule has 0 saturated heterocycles. The van der Waals surface area contributed by atoms with Crippen molar-refractivity contribution in [1.82, 2.24) is 5.32 Å². The summed E-state index contributed by atoms with van der Waals surface area (Å²) in [4.78, 5) is 12.1. The van der Waals surface area contributed by atoms with Gasteiger partial charge in [-0.15, -0.1) is 0 Å². The van der Waals surface area contributed by atoms with E-state index >= 15 is 0 Å². The van der Waals surface area contributed by atoms with Gasteiger partial charge in [-0.1, -0.05) is 66.2 Å². The average Bonchev–Trinajstić information content (AvgIpc) is 2.38. The predicted molar refractivity (Wildman–Crippen MR) is 84.3 cm³/mol. The van der Waals surface area contributed by atoms with Crippen molar-refractivity contribution in [3.8, 4) is 0 Å². The van der Waals surface area contributed by atoms with Crippen LogP contribution in [0.15, 0.2) is 0 Å². The molecule has 0 spiro atoms. The lowest BCUT2D eigenvalue weighted by molar-refractivity contribution is -0.126. The number of amides is 1. The lowest BCUT2D eigenvalue weighted by Gasteiger charge is -2.32. The SMILES string of the molecule is CCCCCC(C)(CCCCC)NC(=O)C(C)CC. The van der Waals surface area contributed by atoms with Crippen LogP contribution in [0, 0.1) is 5.92 Å². The van der Waals surface area contributed by atoms with Crippen molar-refractivity contribution in [3.05, 3.63) is 0 Å². The van der Waals surface area contributed by atoms with Crippen LogP contribution in [0.25, 0.3) is 0 Å². The monoisotopic (exact) mass is 269 g/mol. The van der Waals surface area contributed by atoms with Crippen LogP contribution < -0.4 is 5.32 Å². The van der Waals surface area contributed by atoms with Crippen LogP contribution in [0.2, 0.25) is 0 Å². The van der Waals surface area contributed by atoms with E-state index in [4.69, 9.17) is 0 Å². The largest absolute Gasteiger partial charge is 0.351 e. The molecule has 1 unspecified atom stereocenters. The van der Waals surface area contributed by atoms with Crippen LogP contribution in [0.5, 0.6) is 0 Å². The summed E-state index contributed by atoms with van der Waals surface area (Å²) in [6.07, 6.45) is 10.6. The van der Waals surface area contributed by atoms with Crippen LogP contribution >= 0.6 is 0 Å². The van der Waals surface area contributed by atoms with Crippen LogP contribution in [-0.2, 0) is 4.79 Å². The first-order chi connectivity index (χ1) is 8.99. The Morgan fingerprint density at radius 1 is 1.00 bits per heavy atom. The minimum Gasteiger partial charge on any atom is -0.351 e. The fourth-order valence-corrected chi connectivity index (χ4v) is 2.39. The van der Waals surface area contributed by atoms with Crippen molar-refractivity contribution in [2.75, 3.05) is 0 Å². The van der Waals surface area contributed by atoms with E-state index in [0.29, 0.717) is 0 Å². The van der Waals surface area contributed by atoms with Gasteiger partial charge in [0.2, 0.25) is 5.91 Å². The van der Waals surface area contributed by atoms with Crippen LogP contribution in [0.4, 0.5) is 0 Å². The van der Waals surface area contributed by atoms with E-state index in [2.05, 4.69) is 33.0 Å². The average molecular weight is 269 g/mol. The second-order valence-corrected chi connectivity index (χ2v) is 6.27. The van der Waals surface area contributed by atoms with Gasteiger partial charge in [0.25, 0.3) is 0 Å². The Labute approximate surface area is 120 Å². The number of rotatable bonds is 11. The van der Waals surface area contributed by atoms with Gasteiger partial charge < -0.3 is 5.32 Å². The fourth-order valence-electron chi connectivity index (χ4n) is 2.39. The Hall–Kier alpha value is -0.530. The van der Waals surface area contributed by atoms with Crippen molar-refractivity contribution >= 4 is 5.91 Å². The molecule has 19 heavy (non-hydrogen) atoms. The Balaban J connectivity index is 4.41.